The summed E-state index contributed by atoms with van der Waals surface area (Å²) in [6.07, 6.45) is 4.26. The molecule has 1 N–H and O–H groups in total. The summed E-state index contributed by atoms with van der Waals surface area (Å²) < 4.78 is 0. The smallest absolute Gasteiger partial charge is 0.0824 e. The SMILES string of the molecule is C/C=C\CC(O)c1ccccc1. The first-order chi connectivity index (χ1) is 5.84. The highest BCUT2D eigenvalue weighted by atomic mass is 16.3. The lowest BCUT2D eigenvalue weighted by molar-refractivity contribution is 0.181. The van der Waals surface area contributed by atoms with E-state index in [1.807, 2.05) is 49.4 Å². The molecule has 1 heteroatoms. The van der Waals surface area contributed by atoms with E-state index in [9.17, 15) is 5.11 Å². The largest absolute Gasteiger partial charge is 0.388 e. The van der Waals surface area contributed by atoms with E-state index in [1.165, 1.54) is 0 Å². The van der Waals surface area contributed by atoms with Gasteiger partial charge < -0.3 is 5.11 Å². The van der Waals surface area contributed by atoms with Crippen LogP contribution in [-0.2, 0) is 0 Å². The van der Waals surface area contributed by atoms with E-state index >= 15 is 0 Å². The van der Waals surface area contributed by atoms with Crippen LogP contribution in [0.5, 0.6) is 0 Å². The summed E-state index contributed by atoms with van der Waals surface area (Å²) in [6, 6.07) is 9.70. The highest BCUT2D eigenvalue weighted by Crippen LogP contribution is 2.15. The van der Waals surface area contributed by atoms with E-state index < -0.39 is 0 Å². The van der Waals surface area contributed by atoms with Gasteiger partial charge in [-0.1, -0.05) is 42.5 Å². The molecular formula is C11H14O. The van der Waals surface area contributed by atoms with Gasteiger partial charge >= 0.3 is 0 Å². The second-order valence-corrected chi connectivity index (χ2v) is 2.73. The molecule has 12 heavy (non-hydrogen) atoms. The van der Waals surface area contributed by atoms with Crippen molar-refractivity contribution in [1.29, 1.82) is 0 Å². The average Bonchev–Trinajstić information content (AvgIpc) is 2.15. The molecule has 1 aromatic rings. The van der Waals surface area contributed by atoms with Crippen molar-refractivity contribution in [3.63, 3.8) is 0 Å². The Hall–Kier alpha value is -1.08. The third-order valence-corrected chi connectivity index (χ3v) is 1.78. The summed E-state index contributed by atoms with van der Waals surface area (Å²) in [5.74, 6) is 0. The normalized spacial score (nSPS) is 13.5. The van der Waals surface area contributed by atoms with Gasteiger partial charge in [0.25, 0.3) is 0 Å². The van der Waals surface area contributed by atoms with Crippen LogP contribution in [0.1, 0.15) is 25.0 Å². The Kier molecular flexibility index (Phi) is 3.55. The molecule has 1 nitrogen and oxygen atoms in total. The standard InChI is InChI=1S/C11H14O/c1-2-3-9-11(12)10-7-5-4-6-8-10/h2-8,11-12H,9H2,1H3/b3-2-. The van der Waals surface area contributed by atoms with E-state index in [-0.39, 0.29) is 6.10 Å². The first-order valence-electron chi connectivity index (χ1n) is 4.18. The number of hydrogen-bond acceptors (Lipinski definition) is 1. The van der Waals surface area contributed by atoms with E-state index in [1.54, 1.807) is 0 Å². The van der Waals surface area contributed by atoms with Gasteiger partial charge in [-0.3, -0.25) is 0 Å². The number of benzene rings is 1. The number of hydrogen-bond donors (Lipinski definition) is 1. The topological polar surface area (TPSA) is 20.2 Å². The summed E-state index contributed by atoms with van der Waals surface area (Å²) in [4.78, 5) is 0. The van der Waals surface area contributed by atoms with Gasteiger partial charge in [-0.05, 0) is 18.9 Å². The molecular weight excluding hydrogens is 148 g/mol. The average molecular weight is 162 g/mol. The Morgan fingerprint density at radius 2 is 2.00 bits per heavy atom. The van der Waals surface area contributed by atoms with Gasteiger partial charge in [-0.2, -0.15) is 0 Å². The third kappa shape index (κ3) is 2.51. The number of allylic oxidation sites excluding steroid dienone is 1. The van der Waals surface area contributed by atoms with Crippen LogP contribution in [0.3, 0.4) is 0 Å². The van der Waals surface area contributed by atoms with Gasteiger partial charge in [0.1, 0.15) is 0 Å². The fourth-order valence-corrected chi connectivity index (χ4v) is 1.08. The maximum atomic E-state index is 9.60. The Bertz CT molecular complexity index is 238. The third-order valence-electron chi connectivity index (χ3n) is 1.78. The molecule has 1 rings (SSSR count). The second kappa shape index (κ2) is 4.73. The van der Waals surface area contributed by atoms with Crippen molar-refractivity contribution >= 4 is 0 Å². The Morgan fingerprint density at radius 3 is 2.58 bits per heavy atom. The zero-order chi connectivity index (χ0) is 8.81. The summed E-state index contributed by atoms with van der Waals surface area (Å²) in [5.41, 5.74) is 0.982. The van der Waals surface area contributed by atoms with Crippen molar-refractivity contribution in [3.05, 3.63) is 48.0 Å². The minimum Gasteiger partial charge on any atom is -0.388 e. The van der Waals surface area contributed by atoms with E-state index in [2.05, 4.69) is 0 Å². The molecule has 0 bridgehead atoms. The van der Waals surface area contributed by atoms with Crippen LogP contribution < -0.4 is 0 Å². The first-order valence-corrected chi connectivity index (χ1v) is 4.18. The lowest BCUT2D eigenvalue weighted by Crippen LogP contribution is -1.94. The quantitative estimate of drug-likeness (QED) is 0.677. The van der Waals surface area contributed by atoms with Crippen LogP contribution in [0.15, 0.2) is 42.5 Å². The maximum absolute atomic E-state index is 9.60. The predicted molar refractivity (Wildman–Crippen MR) is 50.8 cm³/mol. The number of aliphatic hydroxyl groups excluding tert-OH is 1. The van der Waals surface area contributed by atoms with E-state index in [4.69, 9.17) is 0 Å². The van der Waals surface area contributed by atoms with Crippen LogP contribution in [0.4, 0.5) is 0 Å². The predicted octanol–water partition coefficient (Wildman–Crippen LogP) is 2.69. The van der Waals surface area contributed by atoms with Crippen LogP contribution >= 0.6 is 0 Å². The molecule has 0 saturated heterocycles. The van der Waals surface area contributed by atoms with Crippen molar-refractivity contribution < 1.29 is 5.11 Å². The van der Waals surface area contributed by atoms with Gasteiger partial charge in [0.2, 0.25) is 0 Å². The zero-order valence-corrected chi connectivity index (χ0v) is 7.27. The molecule has 0 fully saturated rings. The van der Waals surface area contributed by atoms with Crippen molar-refractivity contribution in [1.82, 2.24) is 0 Å². The molecule has 0 radical (unpaired) electrons. The lowest BCUT2D eigenvalue weighted by Gasteiger charge is -2.06. The van der Waals surface area contributed by atoms with Gasteiger partial charge in [0.05, 0.1) is 6.10 Å². The minimum atomic E-state index is -0.359. The van der Waals surface area contributed by atoms with Crippen molar-refractivity contribution in [2.45, 2.75) is 19.4 Å². The van der Waals surface area contributed by atoms with Crippen LogP contribution in [0.25, 0.3) is 0 Å². The fourth-order valence-electron chi connectivity index (χ4n) is 1.08. The van der Waals surface area contributed by atoms with Crippen molar-refractivity contribution in [2.24, 2.45) is 0 Å². The Balaban J connectivity index is 2.59. The molecule has 0 heterocycles. The lowest BCUT2D eigenvalue weighted by atomic mass is 10.1. The molecule has 64 valence electrons. The highest BCUT2D eigenvalue weighted by molar-refractivity contribution is 5.17. The maximum Gasteiger partial charge on any atom is 0.0824 e. The molecule has 0 amide bonds. The highest BCUT2D eigenvalue weighted by Gasteiger charge is 2.02. The van der Waals surface area contributed by atoms with Crippen LogP contribution in [-0.4, -0.2) is 5.11 Å². The van der Waals surface area contributed by atoms with Gasteiger partial charge in [-0.15, -0.1) is 0 Å². The molecule has 0 aliphatic carbocycles. The fraction of sp³-hybridized carbons (Fsp3) is 0.273. The molecule has 1 unspecified atom stereocenters. The van der Waals surface area contributed by atoms with E-state index in [0.29, 0.717) is 6.42 Å². The molecule has 0 aliphatic heterocycles. The van der Waals surface area contributed by atoms with Gasteiger partial charge in [0.15, 0.2) is 0 Å². The minimum absolute atomic E-state index is 0.359. The Labute approximate surface area is 73.4 Å². The van der Waals surface area contributed by atoms with Crippen molar-refractivity contribution in [2.75, 3.05) is 0 Å². The van der Waals surface area contributed by atoms with Gasteiger partial charge in [0, 0.05) is 0 Å². The molecule has 0 aromatic heterocycles. The first kappa shape index (κ1) is 9.01. The molecule has 1 atom stereocenters. The van der Waals surface area contributed by atoms with Crippen LogP contribution in [0, 0.1) is 0 Å². The van der Waals surface area contributed by atoms with E-state index in [0.717, 1.165) is 5.56 Å². The van der Waals surface area contributed by atoms with Crippen LogP contribution in [0.2, 0.25) is 0 Å². The number of aliphatic hydroxyl groups is 1. The molecule has 0 saturated carbocycles. The number of rotatable bonds is 3. The zero-order valence-electron chi connectivity index (χ0n) is 7.27. The molecule has 1 aromatic carbocycles. The summed E-state index contributed by atoms with van der Waals surface area (Å²) in [5, 5.41) is 9.60. The summed E-state index contributed by atoms with van der Waals surface area (Å²) in [7, 11) is 0. The Morgan fingerprint density at radius 1 is 1.33 bits per heavy atom. The summed E-state index contributed by atoms with van der Waals surface area (Å²) in [6.45, 7) is 1.96. The summed E-state index contributed by atoms with van der Waals surface area (Å²) >= 11 is 0. The molecule has 0 spiro atoms. The molecule has 0 aliphatic rings. The van der Waals surface area contributed by atoms with Crippen molar-refractivity contribution in [3.8, 4) is 0 Å². The monoisotopic (exact) mass is 162 g/mol. The van der Waals surface area contributed by atoms with Gasteiger partial charge in [-0.25, -0.2) is 0 Å². The second-order valence-electron chi connectivity index (χ2n) is 2.73.